The molecule has 1 aromatic heterocycles. The predicted octanol–water partition coefficient (Wildman–Crippen LogP) is 1.30. The summed E-state index contributed by atoms with van der Waals surface area (Å²) in [5, 5.41) is 6.69. The number of thiazole rings is 1. The van der Waals surface area contributed by atoms with Gasteiger partial charge in [0, 0.05) is 37.0 Å². The second kappa shape index (κ2) is 4.38. The van der Waals surface area contributed by atoms with Crippen molar-refractivity contribution in [3.05, 3.63) is 16.1 Å². The minimum absolute atomic E-state index is 0.319. The molecule has 2 aliphatic rings. The minimum Gasteiger partial charge on any atom is -0.338 e. The zero-order valence-electron chi connectivity index (χ0n) is 9.98. The summed E-state index contributed by atoms with van der Waals surface area (Å²) in [5.74, 6) is 0.319. The Labute approximate surface area is 105 Å². The largest absolute Gasteiger partial charge is 0.338 e. The van der Waals surface area contributed by atoms with Gasteiger partial charge < -0.3 is 10.2 Å². The summed E-state index contributed by atoms with van der Waals surface area (Å²) in [7, 11) is 0. The minimum atomic E-state index is 0.319. The van der Waals surface area contributed by atoms with E-state index in [4.69, 9.17) is 0 Å². The van der Waals surface area contributed by atoms with Gasteiger partial charge in [-0.1, -0.05) is 0 Å². The lowest BCUT2D eigenvalue weighted by atomic mass is 10.1. The number of hydrogen-bond acceptors (Lipinski definition) is 4. The molecule has 3 rings (SSSR count). The fourth-order valence-corrected chi connectivity index (χ4v) is 3.51. The maximum atomic E-state index is 11.8. The molecule has 1 N–H and O–H groups in total. The van der Waals surface area contributed by atoms with E-state index in [1.165, 1.54) is 0 Å². The van der Waals surface area contributed by atoms with Crippen molar-refractivity contribution in [2.24, 2.45) is 0 Å². The van der Waals surface area contributed by atoms with Crippen molar-refractivity contribution in [3.8, 4) is 0 Å². The molecule has 4 nitrogen and oxygen atoms in total. The van der Waals surface area contributed by atoms with Crippen LogP contribution in [0.4, 0.5) is 0 Å². The molecular formula is C12H17N3OS. The molecule has 17 heavy (non-hydrogen) atoms. The molecule has 0 aromatic carbocycles. The van der Waals surface area contributed by atoms with Crippen LogP contribution in [0.2, 0.25) is 0 Å². The van der Waals surface area contributed by atoms with E-state index >= 15 is 0 Å². The number of nitrogens with one attached hydrogen (secondary N) is 1. The summed E-state index contributed by atoms with van der Waals surface area (Å²) in [5.41, 5.74) is 1.09. The van der Waals surface area contributed by atoms with E-state index in [9.17, 15) is 4.79 Å². The van der Waals surface area contributed by atoms with Crippen LogP contribution < -0.4 is 5.32 Å². The van der Waals surface area contributed by atoms with Crippen molar-refractivity contribution in [1.82, 2.24) is 15.2 Å². The Morgan fingerprint density at radius 2 is 2.53 bits per heavy atom. The average Bonchev–Trinajstić information content (AvgIpc) is 2.96. The van der Waals surface area contributed by atoms with Gasteiger partial charge in [-0.3, -0.25) is 4.79 Å². The van der Waals surface area contributed by atoms with E-state index in [2.05, 4.69) is 15.7 Å². The highest BCUT2D eigenvalue weighted by Gasteiger charge is 2.41. The third-order valence-corrected chi connectivity index (χ3v) is 4.51. The number of rotatable bonds is 3. The number of hydrogen-bond donors (Lipinski definition) is 1. The normalized spacial score (nSPS) is 27.8. The van der Waals surface area contributed by atoms with E-state index in [0.717, 1.165) is 36.6 Å². The number of carbonyl (C=O) groups excluding carboxylic acids is 1. The van der Waals surface area contributed by atoms with Crippen LogP contribution in [-0.4, -0.2) is 34.4 Å². The molecular weight excluding hydrogens is 234 g/mol. The summed E-state index contributed by atoms with van der Waals surface area (Å²) < 4.78 is 0. The number of aromatic nitrogens is 1. The van der Waals surface area contributed by atoms with Gasteiger partial charge in [0.2, 0.25) is 5.91 Å². The first kappa shape index (κ1) is 11.2. The van der Waals surface area contributed by atoms with Crippen molar-refractivity contribution in [3.63, 3.8) is 0 Å². The molecule has 1 aromatic rings. The second-order valence-corrected chi connectivity index (χ2v) is 5.91. The zero-order valence-corrected chi connectivity index (χ0v) is 10.8. The molecule has 0 spiro atoms. The molecule has 1 amide bonds. The van der Waals surface area contributed by atoms with Gasteiger partial charge in [-0.2, -0.15) is 0 Å². The van der Waals surface area contributed by atoms with Gasteiger partial charge in [0.1, 0.15) is 0 Å². The van der Waals surface area contributed by atoms with E-state index in [1.54, 1.807) is 11.3 Å². The maximum Gasteiger partial charge on any atom is 0.224 e. The average molecular weight is 251 g/mol. The Bertz CT molecular complexity index is 431. The molecule has 0 bridgehead atoms. The number of nitrogens with zero attached hydrogens (tertiary/aromatic N) is 2. The topological polar surface area (TPSA) is 45.2 Å². The van der Waals surface area contributed by atoms with Gasteiger partial charge in [-0.15, -0.1) is 11.3 Å². The van der Waals surface area contributed by atoms with E-state index in [1.807, 2.05) is 11.8 Å². The van der Waals surface area contributed by atoms with Crippen LogP contribution in [0.3, 0.4) is 0 Å². The van der Waals surface area contributed by atoms with Crippen LogP contribution in [0.5, 0.6) is 0 Å². The molecule has 0 saturated carbocycles. The van der Waals surface area contributed by atoms with Gasteiger partial charge in [0.15, 0.2) is 0 Å². The Balaban J connectivity index is 1.60. The molecule has 3 heterocycles. The first-order valence-electron chi connectivity index (χ1n) is 6.18. The van der Waals surface area contributed by atoms with E-state index in [-0.39, 0.29) is 0 Å². The number of amides is 1. The molecule has 92 valence electrons. The van der Waals surface area contributed by atoms with Crippen LogP contribution in [-0.2, 0) is 11.3 Å². The van der Waals surface area contributed by atoms with Gasteiger partial charge in [-0.25, -0.2) is 4.98 Å². The van der Waals surface area contributed by atoms with Crippen molar-refractivity contribution in [2.75, 3.05) is 6.54 Å². The van der Waals surface area contributed by atoms with E-state index < -0.39 is 0 Å². The lowest BCUT2D eigenvalue weighted by molar-refractivity contribution is -0.127. The standard InChI is InChI=1S/C12H17N3OS/c1-8-14-9(7-17-8)6-13-10-5-12(16)15-4-2-3-11(10)15/h7,10-11,13H,2-6H2,1H3. The van der Waals surface area contributed by atoms with Gasteiger partial charge in [0.05, 0.1) is 10.7 Å². The molecule has 2 saturated heterocycles. The van der Waals surface area contributed by atoms with Crippen LogP contribution in [0.25, 0.3) is 0 Å². The monoisotopic (exact) mass is 251 g/mol. The molecule has 2 atom stereocenters. The van der Waals surface area contributed by atoms with Crippen molar-refractivity contribution in [2.45, 2.75) is 44.8 Å². The lowest BCUT2D eigenvalue weighted by Gasteiger charge is -2.20. The van der Waals surface area contributed by atoms with Crippen LogP contribution in [0.15, 0.2) is 5.38 Å². The first-order valence-corrected chi connectivity index (χ1v) is 7.06. The summed E-state index contributed by atoms with van der Waals surface area (Å²) in [4.78, 5) is 18.2. The summed E-state index contributed by atoms with van der Waals surface area (Å²) >= 11 is 1.68. The molecule has 2 fully saturated rings. The van der Waals surface area contributed by atoms with Crippen molar-refractivity contribution < 1.29 is 4.79 Å². The Kier molecular flexibility index (Phi) is 2.88. The third kappa shape index (κ3) is 2.09. The fraction of sp³-hybridized carbons (Fsp3) is 0.667. The Hall–Kier alpha value is -0.940. The third-order valence-electron chi connectivity index (χ3n) is 3.69. The molecule has 0 radical (unpaired) electrons. The van der Waals surface area contributed by atoms with Crippen LogP contribution >= 0.6 is 11.3 Å². The summed E-state index contributed by atoms with van der Waals surface area (Å²) in [6.45, 7) is 3.76. The molecule has 0 aliphatic carbocycles. The highest BCUT2D eigenvalue weighted by molar-refractivity contribution is 7.09. The SMILES string of the molecule is Cc1nc(CNC2CC(=O)N3CCCC23)cs1. The second-order valence-electron chi connectivity index (χ2n) is 4.85. The highest BCUT2D eigenvalue weighted by Crippen LogP contribution is 2.29. The summed E-state index contributed by atoms with van der Waals surface area (Å²) in [6, 6.07) is 0.759. The smallest absolute Gasteiger partial charge is 0.224 e. The molecule has 2 aliphatic heterocycles. The number of fused-ring (bicyclic) bond motifs is 1. The number of aryl methyl sites for hydroxylation is 1. The Morgan fingerprint density at radius 1 is 1.65 bits per heavy atom. The first-order chi connectivity index (χ1) is 8.24. The van der Waals surface area contributed by atoms with Crippen LogP contribution in [0, 0.1) is 6.92 Å². The molecule has 5 heteroatoms. The van der Waals surface area contributed by atoms with E-state index in [0.29, 0.717) is 24.4 Å². The van der Waals surface area contributed by atoms with Crippen molar-refractivity contribution >= 4 is 17.2 Å². The lowest BCUT2D eigenvalue weighted by Crippen LogP contribution is -2.39. The van der Waals surface area contributed by atoms with Crippen molar-refractivity contribution in [1.29, 1.82) is 0 Å². The zero-order chi connectivity index (χ0) is 11.8. The van der Waals surface area contributed by atoms with Gasteiger partial charge in [-0.05, 0) is 19.8 Å². The Morgan fingerprint density at radius 3 is 3.29 bits per heavy atom. The highest BCUT2D eigenvalue weighted by atomic mass is 32.1. The summed E-state index contributed by atoms with van der Waals surface area (Å²) in [6.07, 6.45) is 2.97. The maximum absolute atomic E-state index is 11.8. The number of carbonyl (C=O) groups is 1. The quantitative estimate of drug-likeness (QED) is 0.881. The molecule has 2 unspecified atom stereocenters. The predicted molar refractivity (Wildman–Crippen MR) is 66.8 cm³/mol. The van der Waals surface area contributed by atoms with Gasteiger partial charge >= 0.3 is 0 Å². The van der Waals surface area contributed by atoms with Crippen LogP contribution in [0.1, 0.15) is 30.0 Å². The fourth-order valence-electron chi connectivity index (χ4n) is 2.90. The van der Waals surface area contributed by atoms with Gasteiger partial charge in [0.25, 0.3) is 0 Å².